The van der Waals surface area contributed by atoms with Gasteiger partial charge in [-0.15, -0.1) is 0 Å². The molecular weight excluding hydrogens is 297 g/mol. The standard InChI is InChI=1S/C13H8F5NO2/c14-8-7(9(15)11(17)12(18)10(8)16)13(21)5(4-20)3-19-6-1-2-6/h6,19H,1-3H2. The van der Waals surface area contributed by atoms with E-state index in [1.54, 1.807) is 0 Å². The van der Waals surface area contributed by atoms with Crippen LogP contribution in [0.3, 0.4) is 0 Å². The lowest BCUT2D eigenvalue weighted by molar-refractivity contribution is 0.102. The van der Waals surface area contributed by atoms with Gasteiger partial charge in [-0.25, -0.2) is 26.7 Å². The van der Waals surface area contributed by atoms with Crippen molar-refractivity contribution in [2.45, 2.75) is 18.9 Å². The number of hydrogen-bond donors (Lipinski definition) is 1. The molecule has 3 nitrogen and oxygen atoms in total. The lowest BCUT2D eigenvalue weighted by Gasteiger charge is -2.08. The van der Waals surface area contributed by atoms with E-state index < -0.39 is 46.0 Å². The molecule has 1 aliphatic rings. The fraction of sp³-hybridized carbons (Fsp3) is 0.308. The van der Waals surface area contributed by atoms with Gasteiger partial charge in [0.2, 0.25) is 11.6 Å². The monoisotopic (exact) mass is 305 g/mol. The third kappa shape index (κ3) is 2.86. The predicted octanol–water partition coefficient (Wildman–Crippen LogP) is 2.07. The molecular formula is C13H8F5NO2. The second-order valence-corrected chi connectivity index (χ2v) is 4.51. The Balaban J connectivity index is 2.40. The number of ketones is 1. The van der Waals surface area contributed by atoms with Gasteiger partial charge in [0.25, 0.3) is 0 Å². The summed E-state index contributed by atoms with van der Waals surface area (Å²) in [6, 6.07) is 0.0672. The molecule has 112 valence electrons. The summed E-state index contributed by atoms with van der Waals surface area (Å²) >= 11 is 0. The van der Waals surface area contributed by atoms with E-state index >= 15 is 0 Å². The van der Waals surface area contributed by atoms with E-state index in [0.717, 1.165) is 12.8 Å². The van der Waals surface area contributed by atoms with Crippen LogP contribution in [0.25, 0.3) is 0 Å². The average molecular weight is 305 g/mol. The van der Waals surface area contributed by atoms with Crippen LogP contribution in [0.4, 0.5) is 22.0 Å². The van der Waals surface area contributed by atoms with Crippen LogP contribution in [0.1, 0.15) is 23.2 Å². The molecule has 0 amide bonds. The van der Waals surface area contributed by atoms with Gasteiger partial charge in [-0.3, -0.25) is 4.79 Å². The summed E-state index contributed by atoms with van der Waals surface area (Å²) in [6.45, 7) is -0.355. The summed E-state index contributed by atoms with van der Waals surface area (Å²) in [4.78, 5) is 22.5. The molecule has 1 N–H and O–H groups in total. The van der Waals surface area contributed by atoms with Crippen LogP contribution in [0.2, 0.25) is 0 Å². The molecule has 0 saturated heterocycles. The van der Waals surface area contributed by atoms with E-state index in [4.69, 9.17) is 0 Å². The number of halogens is 5. The van der Waals surface area contributed by atoms with Gasteiger partial charge in [0.15, 0.2) is 23.3 Å². The molecule has 0 radical (unpaired) electrons. The molecule has 8 heteroatoms. The maximum Gasteiger partial charge on any atom is 0.207 e. The highest BCUT2D eigenvalue weighted by Gasteiger charge is 2.32. The highest BCUT2D eigenvalue weighted by molar-refractivity contribution is 6.13. The van der Waals surface area contributed by atoms with Gasteiger partial charge in [-0.2, -0.15) is 0 Å². The quantitative estimate of drug-likeness (QED) is 0.226. The Kier molecular flexibility index (Phi) is 4.20. The molecule has 21 heavy (non-hydrogen) atoms. The van der Waals surface area contributed by atoms with Crippen molar-refractivity contribution in [1.29, 1.82) is 0 Å². The molecule has 0 aromatic heterocycles. The van der Waals surface area contributed by atoms with Gasteiger partial charge in [0, 0.05) is 12.6 Å². The lowest BCUT2D eigenvalue weighted by Crippen LogP contribution is -2.25. The zero-order valence-electron chi connectivity index (χ0n) is 10.4. The van der Waals surface area contributed by atoms with E-state index in [2.05, 4.69) is 5.32 Å². The first kappa shape index (κ1) is 15.3. The number of carbonyl (C=O) groups is 1. The Labute approximate surface area is 115 Å². The topological polar surface area (TPSA) is 46.2 Å². The first-order valence-corrected chi connectivity index (χ1v) is 5.92. The zero-order valence-corrected chi connectivity index (χ0v) is 10.4. The lowest BCUT2D eigenvalue weighted by atomic mass is 10.0. The highest BCUT2D eigenvalue weighted by atomic mass is 19.2. The minimum Gasteiger partial charge on any atom is -0.309 e. The van der Waals surface area contributed by atoms with Gasteiger partial charge in [-0.05, 0) is 12.8 Å². The first-order chi connectivity index (χ1) is 9.88. The predicted molar refractivity (Wildman–Crippen MR) is 60.8 cm³/mol. The van der Waals surface area contributed by atoms with Gasteiger partial charge >= 0.3 is 0 Å². The minimum absolute atomic E-state index is 0.0672. The fourth-order valence-corrected chi connectivity index (χ4v) is 1.65. The molecule has 0 spiro atoms. The van der Waals surface area contributed by atoms with Crippen molar-refractivity contribution in [3.63, 3.8) is 0 Å². The largest absolute Gasteiger partial charge is 0.309 e. The molecule has 0 atom stereocenters. The van der Waals surface area contributed by atoms with Gasteiger partial charge < -0.3 is 5.32 Å². The molecule has 0 bridgehead atoms. The van der Waals surface area contributed by atoms with Crippen LogP contribution in [0.5, 0.6) is 0 Å². The second kappa shape index (κ2) is 5.75. The van der Waals surface area contributed by atoms with Crippen molar-refractivity contribution in [1.82, 2.24) is 5.32 Å². The number of Topliss-reactive ketones (excluding diaryl/α,β-unsaturated/α-hetero) is 1. The van der Waals surface area contributed by atoms with Crippen molar-refractivity contribution >= 4 is 11.7 Å². The van der Waals surface area contributed by atoms with E-state index in [1.807, 2.05) is 0 Å². The third-order valence-electron chi connectivity index (χ3n) is 2.98. The van der Waals surface area contributed by atoms with E-state index in [9.17, 15) is 31.5 Å². The average Bonchev–Trinajstić information content (AvgIpc) is 3.28. The van der Waals surface area contributed by atoms with E-state index in [1.165, 1.54) is 5.94 Å². The summed E-state index contributed by atoms with van der Waals surface area (Å²) in [6.07, 6.45) is 1.62. The number of nitrogens with one attached hydrogen (secondary N) is 1. The van der Waals surface area contributed by atoms with Crippen LogP contribution in [0.15, 0.2) is 5.57 Å². The molecule has 1 saturated carbocycles. The Morgan fingerprint density at radius 2 is 1.48 bits per heavy atom. The summed E-state index contributed by atoms with van der Waals surface area (Å²) in [5, 5.41) is 2.71. The van der Waals surface area contributed by atoms with Crippen LogP contribution in [0, 0.1) is 29.1 Å². The molecule has 1 aromatic carbocycles. The Hall–Kier alpha value is -2.05. The number of hydrogen-bond acceptors (Lipinski definition) is 3. The molecule has 0 unspecified atom stereocenters. The van der Waals surface area contributed by atoms with Crippen molar-refractivity contribution < 1.29 is 31.5 Å². The Bertz CT molecular complexity index is 634. The van der Waals surface area contributed by atoms with E-state index in [0.29, 0.717) is 0 Å². The number of benzene rings is 1. The minimum atomic E-state index is -2.37. The van der Waals surface area contributed by atoms with Crippen LogP contribution in [-0.2, 0) is 4.79 Å². The van der Waals surface area contributed by atoms with Gasteiger partial charge in [-0.1, -0.05) is 0 Å². The third-order valence-corrected chi connectivity index (χ3v) is 2.98. The maximum absolute atomic E-state index is 13.5. The zero-order chi connectivity index (χ0) is 15.7. The summed E-state index contributed by atoms with van der Waals surface area (Å²) in [7, 11) is 0. The smallest absolute Gasteiger partial charge is 0.207 e. The van der Waals surface area contributed by atoms with Crippen molar-refractivity contribution in [2.24, 2.45) is 0 Å². The normalized spacial score (nSPS) is 14.0. The molecule has 0 aliphatic heterocycles. The summed E-state index contributed by atoms with van der Waals surface area (Å²) < 4.78 is 65.8. The maximum atomic E-state index is 13.5. The molecule has 1 aliphatic carbocycles. The summed E-state index contributed by atoms with van der Waals surface area (Å²) in [5.41, 5.74) is -2.38. The van der Waals surface area contributed by atoms with Crippen LogP contribution in [-0.4, -0.2) is 24.3 Å². The van der Waals surface area contributed by atoms with E-state index in [-0.39, 0.29) is 12.6 Å². The molecule has 1 fully saturated rings. The first-order valence-electron chi connectivity index (χ1n) is 5.92. The SMILES string of the molecule is O=C=C(CNC1CC1)C(=O)c1c(F)c(F)c(F)c(F)c1F. The van der Waals surface area contributed by atoms with Gasteiger partial charge in [0.05, 0.1) is 5.57 Å². The Morgan fingerprint density at radius 1 is 1.00 bits per heavy atom. The number of rotatable bonds is 5. The second-order valence-electron chi connectivity index (χ2n) is 4.51. The molecule has 0 heterocycles. The Morgan fingerprint density at radius 3 is 1.90 bits per heavy atom. The fourth-order valence-electron chi connectivity index (χ4n) is 1.65. The molecule has 2 rings (SSSR count). The van der Waals surface area contributed by atoms with Crippen LogP contribution >= 0.6 is 0 Å². The van der Waals surface area contributed by atoms with Crippen LogP contribution < -0.4 is 5.32 Å². The highest BCUT2D eigenvalue weighted by Crippen LogP contribution is 2.25. The number of carbonyl (C=O) groups excluding carboxylic acids is 2. The van der Waals surface area contributed by atoms with Crippen molar-refractivity contribution in [3.05, 3.63) is 40.2 Å². The van der Waals surface area contributed by atoms with Crippen molar-refractivity contribution in [3.8, 4) is 0 Å². The van der Waals surface area contributed by atoms with Crippen molar-refractivity contribution in [2.75, 3.05) is 6.54 Å². The molecule has 1 aromatic rings. The summed E-state index contributed by atoms with van der Waals surface area (Å²) in [5.74, 6) is -11.8. The van der Waals surface area contributed by atoms with Gasteiger partial charge in [0.1, 0.15) is 11.5 Å².